The highest BCUT2D eigenvalue weighted by atomic mass is 35.5. The highest BCUT2D eigenvalue weighted by molar-refractivity contribution is 5.85. The first kappa shape index (κ1) is 20.2. The van der Waals surface area contributed by atoms with Gasteiger partial charge in [0.1, 0.15) is 0 Å². The summed E-state index contributed by atoms with van der Waals surface area (Å²) in [7, 11) is 0. The molecule has 0 aromatic heterocycles. The van der Waals surface area contributed by atoms with E-state index in [1.54, 1.807) is 0 Å². The van der Waals surface area contributed by atoms with Gasteiger partial charge in [-0.1, -0.05) is 40.0 Å². The quantitative estimate of drug-likeness (QED) is 0.721. The molecule has 5 nitrogen and oxygen atoms in total. The van der Waals surface area contributed by atoms with E-state index in [9.17, 15) is 9.59 Å². The minimum absolute atomic E-state index is 0. The molecule has 4 N–H and O–H groups in total. The third-order valence-electron chi connectivity index (χ3n) is 3.84. The van der Waals surface area contributed by atoms with E-state index in [1.165, 1.54) is 19.3 Å². The Morgan fingerprint density at radius 1 is 1.19 bits per heavy atom. The van der Waals surface area contributed by atoms with Crippen molar-refractivity contribution in [3.63, 3.8) is 0 Å². The monoisotopic (exact) mass is 319 g/mol. The molecule has 1 aliphatic rings. The van der Waals surface area contributed by atoms with Gasteiger partial charge in [0, 0.05) is 19.0 Å². The number of hydrogen-bond acceptors (Lipinski definition) is 3. The molecule has 0 spiro atoms. The minimum atomic E-state index is -0.552. The predicted molar refractivity (Wildman–Crippen MR) is 87.3 cm³/mol. The summed E-state index contributed by atoms with van der Waals surface area (Å²) in [6.45, 7) is 6.12. The second kappa shape index (κ2) is 9.26. The largest absolute Gasteiger partial charge is 0.354 e. The standard InChI is InChI=1S/C15H29N3O2.ClH/c1-15(2,3)13(16)14(20)17-10-9-12(19)18-11-7-5-4-6-8-11;/h11,13H,4-10,16H2,1-3H3,(H,17,20)(H,18,19);1H/t13-;/m1./s1. The molecule has 2 amide bonds. The summed E-state index contributed by atoms with van der Waals surface area (Å²) in [5.74, 6) is -0.176. The molecular weight excluding hydrogens is 290 g/mol. The van der Waals surface area contributed by atoms with Gasteiger partial charge in [-0.2, -0.15) is 0 Å². The maximum atomic E-state index is 11.8. The van der Waals surface area contributed by atoms with Crippen LogP contribution < -0.4 is 16.4 Å². The van der Waals surface area contributed by atoms with Crippen LogP contribution >= 0.6 is 12.4 Å². The average molecular weight is 320 g/mol. The zero-order chi connectivity index (χ0) is 15.2. The maximum absolute atomic E-state index is 11.8. The SMILES string of the molecule is CC(C)(C)[C@H](N)C(=O)NCCC(=O)NC1CCCCC1.Cl. The smallest absolute Gasteiger partial charge is 0.237 e. The van der Waals surface area contributed by atoms with E-state index in [2.05, 4.69) is 10.6 Å². The first-order chi connectivity index (χ1) is 9.30. The van der Waals surface area contributed by atoms with Crippen molar-refractivity contribution in [2.24, 2.45) is 11.1 Å². The summed E-state index contributed by atoms with van der Waals surface area (Å²) in [4.78, 5) is 23.6. The zero-order valence-corrected chi connectivity index (χ0v) is 14.2. The van der Waals surface area contributed by atoms with Crippen LogP contribution in [0, 0.1) is 5.41 Å². The highest BCUT2D eigenvalue weighted by Gasteiger charge is 2.27. The number of carbonyl (C=O) groups is 2. The van der Waals surface area contributed by atoms with Crippen molar-refractivity contribution >= 4 is 24.2 Å². The maximum Gasteiger partial charge on any atom is 0.237 e. The Labute approximate surface area is 134 Å². The molecule has 0 unspecified atom stereocenters. The number of nitrogens with two attached hydrogens (primary N) is 1. The van der Waals surface area contributed by atoms with Crippen molar-refractivity contribution in [1.82, 2.24) is 10.6 Å². The van der Waals surface area contributed by atoms with Gasteiger partial charge < -0.3 is 16.4 Å². The van der Waals surface area contributed by atoms with E-state index >= 15 is 0 Å². The van der Waals surface area contributed by atoms with Crippen LogP contribution in [-0.4, -0.2) is 30.4 Å². The third kappa shape index (κ3) is 7.67. The lowest BCUT2D eigenvalue weighted by Gasteiger charge is -2.26. The van der Waals surface area contributed by atoms with Crippen molar-refractivity contribution in [2.45, 2.75) is 71.4 Å². The molecule has 1 atom stereocenters. The van der Waals surface area contributed by atoms with Gasteiger partial charge in [-0.3, -0.25) is 9.59 Å². The number of nitrogens with one attached hydrogen (secondary N) is 2. The van der Waals surface area contributed by atoms with Crippen LogP contribution in [0.5, 0.6) is 0 Å². The second-order valence-electron chi connectivity index (χ2n) is 6.79. The van der Waals surface area contributed by atoms with Gasteiger partial charge in [-0.15, -0.1) is 12.4 Å². The first-order valence-electron chi connectivity index (χ1n) is 7.63. The van der Waals surface area contributed by atoms with Gasteiger partial charge >= 0.3 is 0 Å². The molecule has 1 rings (SSSR count). The van der Waals surface area contributed by atoms with Crippen molar-refractivity contribution < 1.29 is 9.59 Å². The Morgan fingerprint density at radius 2 is 1.76 bits per heavy atom. The van der Waals surface area contributed by atoms with Crippen molar-refractivity contribution in [3.05, 3.63) is 0 Å². The van der Waals surface area contributed by atoms with Gasteiger partial charge in [-0.25, -0.2) is 0 Å². The lowest BCUT2D eigenvalue weighted by atomic mass is 9.87. The van der Waals surface area contributed by atoms with E-state index in [-0.39, 0.29) is 29.6 Å². The van der Waals surface area contributed by atoms with Crippen LogP contribution in [0.1, 0.15) is 59.3 Å². The van der Waals surface area contributed by atoms with Gasteiger partial charge in [0.05, 0.1) is 6.04 Å². The van der Waals surface area contributed by atoms with E-state index in [1.807, 2.05) is 20.8 Å². The molecule has 1 fully saturated rings. The van der Waals surface area contributed by atoms with Gasteiger partial charge in [0.15, 0.2) is 0 Å². The Morgan fingerprint density at radius 3 is 2.29 bits per heavy atom. The Bertz CT molecular complexity index is 336. The lowest BCUT2D eigenvalue weighted by molar-refractivity contribution is -0.125. The fourth-order valence-electron chi connectivity index (χ4n) is 2.35. The highest BCUT2D eigenvalue weighted by Crippen LogP contribution is 2.18. The molecular formula is C15H30ClN3O2. The van der Waals surface area contributed by atoms with Gasteiger partial charge in [0.2, 0.25) is 11.8 Å². The summed E-state index contributed by atoms with van der Waals surface area (Å²) < 4.78 is 0. The van der Waals surface area contributed by atoms with Crippen LogP contribution in [0.2, 0.25) is 0 Å². The summed E-state index contributed by atoms with van der Waals surface area (Å²) in [5.41, 5.74) is 5.58. The average Bonchev–Trinajstić information content (AvgIpc) is 2.37. The summed E-state index contributed by atoms with van der Waals surface area (Å²) in [6, 6.07) is -0.229. The third-order valence-corrected chi connectivity index (χ3v) is 3.84. The number of amides is 2. The van der Waals surface area contributed by atoms with Gasteiger partial charge in [-0.05, 0) is 18.3 Å². The van der Waals surface area contributed by atoms with E-state index in [4.69, 9.17) is 5.73 Å². The van der Waals surface area contributed by atoms with Crippen LogP contribution in [0.3, 0.4) is 0 Å². The van der Waals surface area contributed by atoms with Crippen molar-refractivity contribution in [2.75, 3.05) is 6.54 Å². The van der Waals surface area contributed by atoms with Crippen molar-refractivity contribution in [1.29, 1.82) is 0 Å². The first-order valence-corrected chi connectivity index (χ1v) is 7.63. The fraction of sp³-hybridized carbons (Fsp3) is 0.867. The van der Waals surface area contributed by atoms with Crippen LogP contribution in [0.25, 0.3) is 0 Å². The number of rotatable bonds is 5. The Hall–Kier alpha value is -0.810. The molecule has 6 heteroatoms. The van der Waals surface area contributed by atoms with Crippen molar-refractivity contribution in [3.8, 4) is 0 Å². The van der Waals surface area contributed by atoms with E-state index < -0.39 is 6.04 Å². The van der Waals surface area contributed by atoms with Crippen LogP contribution in [0.4, 0.5) is 0 Å². The molecule has 0 heterocycles. The summed E-state index contributed by atoms with van der Waals surface area (Å²) in [6.07, 6.45) is 6.14. The Kier molecular flexibility index (Phi) is 8.90. The second-order valence-corrected chi connectivity index (χ2v) is 6.79. The number of halogens is 1. The number of carbonyl (C=O) groups excluding carboxylic acids is 2. The zero-order valence-electron chi connectivity index (χ0n) is 13.4. The fourth-order valence-corrected chi connectivity index (χ4v) is 2.35. The minimum Gasteiger partial charge on any atom is -0.354 e. The molecule has 1 aliphatic carbocycles. The molecule has 0 radical (unpaired) electrons. The molecule has 0 saturated heterocycles. The normalized spacial score (nSPS) is 17.5. The molecule has 124 valence electrons. The predicted octanol–water partition coefficient (Wildman–Crippen LogP) is 1.74. The van der Waals surface area contributed by atoms with Crippen LogP contribution in [-0.2, 0) is 9.59 Å². The van der Waals surface area contributed by atoms with Crippen LogP contribution in [0.15, 0.2) is 0 Å². The molecule has 1 saturated carbocycles. The molecule has 0 aromatic rings. The molecule has 0 aromatic carbocycles. The summed E-state index contributed by atoms with van der Waals surface area (Å²) >= 11 is 0. The van der Waals surface area contributed by atoms with E-state index in [0.717, 1.165) is 12.8 Å². The van der Waals surface area contributed by atoms with E-state index in [0.29, 0.717) is 19.0 Å². The Balaban J connectivity index is 0.00000400. The summed E-state index contributed by atoms with van der Waals surface area (Å²) in [5, 5.41) is 5.76. The molecule has 0 aliphatic heterocycles. The number of hydrogen-bond donors (Lipinski definition) is 3. The van der Waals surface area contributed by atoms with Gasteiger partial charge in [0.25, 0.3) is 0 Å². The molecule has 0 bridgehead atoms. The topological polar surface area (TPSA) is 84.2 Å². The molecule has 21 heavy (non-hydrogen) atoms. The lowest BCUT2D eigenvalue weighted by Crippen LogP contribution is -2.49.